The van der Waals surface area contributed by atoms with Crippen LogP contribution >= 0.6 is 0 Å². The minimum absolute atomic E-state index is 0.0944. The number of rotatable bonds is 6. The van der Waals surface area contributed by atoms with Gasteiger partial charge in [0, 0.05) is 19.5 Å². The molecule has 2 aromatic carbocycles. The lowest BCUT2D eigenvalue weighted by Gasteiger charge is -2.10. The number of methoxy groups -OCH3 is 1. The molecule has 0 saturated carbocycles. The van der Waals surface area contributed by atoms with Crippen molar-refractivity contribution in [2.24, 2.45) is 5.16 Å². The van der Waals surface area contributed by atoms with E-state index < -0.39 is 0 Å². The number of ether oxygens (including phenoxy) is 1. The van der Waals surface area contributed by atoms with E-state index in [2.05, 4.69) is 47.7 Å². The fourth-order valence-corrected chi connectivity index (χ4v) is 2.61. The zero-order chi connectivity index (χ0) is 16.1. The Hall–Kier alpha value is -2.33. The largest absolute Gasteiger partial charge is 0.497 e. The molecule has 1 aliphatic heterocycles. The van der Waals surface area contributed by atoms with Crippen molar-refractivity contribution in [3.05, 3.63) is 65.2 Å². The second kappa shape index (κ2) is 7.29. The van der Waals surface area contributed by atoms with Crippen LogP contribution in [0.1, 0.15) is 23.1 Å². The van der Waals surface area contributed by atoms with Crippen molar-refractivity contribution in [3.63, 3.8) is 0 Å². The predicted octanol–water partition coefficient (Wildman–Crippen LogP) is 3.29. The topological polar surface area (TPSA) is 42.8 Å². The second-order valence-corrected chi connectivity index (χ2v) is 5.82. The molecule has 0 saturated heterocycles. The molecule has 0 amide bonds. The maximum Gasteiger partial charge on any atom is 0.145 e. The fraction of sp³-hybridized carbons (Fsp3) is 0.316. The van der Waals surface area contributed by atoms with E-state index in [0.717, 1.165) is 36.5 Å². The molecule has 23 heavy (non-hydrogen) atoms. The van der Waals surface area contributed by atoms with Gasteiger partial charge in [-0.2, -0.15) is 0 Å². The number of aryl methyl sites for hydroxylation is 1. The van der Waals surface area contributed by atoms with E-state index in [0.29, 0.717) is 0 Å². The zero-order valence-electron chi connectivity index (χ0n) is 13.6. The molecule has 4 heteroatoms. The van der Waals surface area contributed by atoms with Gasteiger partial charge in [-0.05, 0) is 30.2 Å². The predicted molar refractivity (Wildman–Crippen MR) is 91.9 cm³/mol. The van der Waals surface area contributed by atoms with E-state index in [9.17, 15) is 0 Å². The first kappa shape index (κ1) is 15.6. The number of hydrogen-bond donors (Lipinski definition) is 1. The minimum atomic E-state index is 0.0944. The van der Waals surface area contributed by atoms with Crippen molar-refractivity contribution in [3.8, 4) is 5.75 Å². The summed E-state index contributed by atoms with van der Waals surface area (Å²) in [6.45, 7) is 3.65. The molecule has 2 aromatic rings. The van der Waals surface area contributed by atoms with Crippen molar-refractivity contribution in [2.45, 2.75) is 26.0 Å². The quantitative estimate of drug-likeness (QED) is 0.890. The number of nitrogens with zero attached hydrogens (tertiary/aromatic N) is 1. The van der Waals surface area contributed by atoms with Gasteiger partial charge in [-0.25, -0.2) is 0 Å². The molecular formula is C19H22N2O2. The highest BCUT2D eigenvalue weighted by atomic mass is 16.6. The lowest BCUT2D eigenvalue weighted by Crippen LogP contribution is -2.26. The first-order valence-electron chi connectivity index (χ1n) is 7.88. The Morgan fingerprint density at radius 1 is 1.22 bits per heavy atom. The van der Waals surface area contributed by atoms with Gasteiger partial charge >= 0.3 is 0 Å². The average Bonchev–Trinajstić information content (AvgIpc) is 3.04. The summed E-state index contributed by atoms with van der Waals surface area (Å²) in [5.41, 5.74) is 4.62. The van der Waals surface area contributed by atoms with Crippen molar-refractivity contribution >= 4 is 5.71 Å². The summed E-state index contributed by atoms with van der Waals surface area (Å²) >= 11 is 0. The molecular weight excluding hydrogens is 288 g/mol. The van der Waals surface area contributed by atoms with Crippen molar-refractivity contribution in [2.75, 3.05) is 13.7 Å². The third-order valence-corrected chi connectivity index (χ3v) is 3.95. The van der Waals surface area contributed by atoms with Crippen LogP contribution in [0.5, 0.6) is 5.75 Å². The Labute approximate surface area is 137 Å². The molecule has 0 aliphatic carbocycles. The molecule has 1 atom stereocenters. The fourth-order valence-electron chi connectivity index (χ4n) is 2.61. The number of benzene rings is 2. The van der Waals surface area contributed by atoms with Crippen molar-refractivity contribution < 1.29 is 9.57 Å². The highest BCUT2D eigenvalue weighted by Crippen LogP contribution is 2.17. The molecule has 0 aromatic heterocycles. The monoisotopic (exact) mass is 310 g/mol. The first-order chi connectivity index (χ1) is 11.2. The molecule has 120 valence electrons. The van der Waals surface area contributed by atoms with Gasteiger partial charge in [0.25, 0.3) is 0 Å². The Kier molecular flexibility index (Phi) is 4.93. The summed E-state index contributed by atoms with van der Waals surface area (Å²) in [6.07, 6.45) is 0.936. The van der Waals surface area contributed by atoms with E-state index in [-0.39, 0.29) is 6.10 Å². The van der Waals surface area contributed by atoms with Crippen LogP contribution < -0.4 is 10.1 Å². The maximum absolute atomic E-state index is 5.53. The van der Waals surface area contributed by atoms with Crippen LogP contribution in [-0.2, 0) is 11.4 Å². The number of nitrogens with one attached hydrogen (secondary N) is 1. The van der Waals surface area contributed by atoms with Crippen LogP contribution in [0, 0.1) is 6.92 Å². The van der Waals surface area contributed by atoms with Crippen LogP contribution in [-0.4, -0.2) is 25.5 Å². The van der Waals surface area contributed by atoms with Crippen LogP contribution in [0.15, 0.2) is 53.7 Å². The summed E-state index contributed by atoms with van der Waals surface area (Å²) in [5, 5.41) is 7.65. The Bertz CT molecular complexity index is 680. The summed E-state index contributed by atoms with van der Waals surface area (Å²) in [6, 6.07) is 16.5. The highest BCUT2D eigenvalue weighted by molar-refractivity contribution is 6.01. The van der Waals surface area contributed by atoms with E-state index in [1.165, 1.54) is 11.1 Å². The second-order valence-electron chi connectivity index (χ2n) is 5.82. The summed E-state index contributed by atoms with van der Waals surface area (Å²) in [5.74, 6) is 0.881. The molecule has 0 spiro atoms. The Morgan fingerprint density at radius 2 is 2.04 bits per heavy atom. The zero-order valence-corrected chi connectivity index (χ0v) is 13.6. The smallest absolute Gasteiger partial charge is 0.145 e. The molecule has 0 radical (unpaired) electrons. The van der Waals surface area contributed by atoms with Gasteiger partial charge in [0.05, 0.1) is 12.8 Å². The SMILES string of the molecule is COc1cccc(CNCC2CC(c3ccc(C)cc3)=NO2)c1. The minimum Gasteiger partial charge on any atom is -0.497 e. The van der Waals surface area contributed by atoms with Gasteiger partial charge in [-0.1, -0.05) is 47.1 Å². The van der Waals surface area contributed by atoms with E-state index in [1.54, 1.807) is 7.11 Å². The molecule has 1 N–H and O–H groups in total. The summed E-state index contributed by atoms with van der Waals surface area (Å²) in [7, 11) is 1.68. The van der Waals surface area contributed by atoms with Gasteiger partial charge in [0.1, 0.15) is 11.9 Å². The van der Waals surface area contributed by atoms with Crippen LogP contribution in [0.2, 0.25) is 0 Å². The maximum atomic E-state index is 5.53. The molecule has 0 bridgehead atoms. The Morgan fingerprint density at radius 3 is 2.83 bits per heavy atom. The van der Waals surface area contributed by atoms with E-state index in [1.807, 2.05) is 18.2 Å². The third-order valence-electron chi connectivity index (χ3n) is 3.95. The summed E-state index contributed by atoms with van der Waals surface area (Å²) < 4.78 is 5.24. The van der Waals surface area contributed by atoms with Crippen LogP contribution in [0.4, 0.5) is 0 Å². The highest BCUT2D eigenvalue weighted by Gasteiger charge is 2.21. The molecule has 0 fully saturated rings. The number of oxime groups is 1. The first-order valence-corrected chi connectivity index (χ1v) is 7.88. The van der Waals surface area contributed by atoms with E-state index in [4.69, 9.17) is 9.57 Å². The standard InChI is InChI=1S/C19H22N2O2/c1-14-6-8-16(9-7-14)19-11-18(23-21-19)13-20-12-15-4-3-5-17(10-15)22-2/h3-10,18,20H,11-13H2,1-2H3. The molecule has 1 aliphatic rings. The Balaban J connectivity index is 1.47. The lowest BCUT2D eigenvalue weighted by atomic mass is 10.0. The average molecular weight is 310 g/mol. The van der Waals surface area contributed by atoms with Gasteiger partial charge in [-0.15, -0.1) is 0 Å². The molecule has 1 heterocycles. The van der Waals surface area contributed by atoms with Crippen LogP contribution in [0.25, 0.3) is 0 Å². The van der Waals surface area contributed by atoms with Gasteiger partial charge in [-0.3, -0.25) is 0 Å². The normalized spacial score (nSPS) is 16.8. The summed E-state index contributed by atoms with van der Waals surface area (Å²) in [4.78, 5) is 5.53. The lowest BCUT2D eigenvalue weighted by molar-refractivity contribution is 0.0848. The number of hydrogen-bond acceptors (Lipinski definition) is 4. The molecule has 1 unspecified atom stereocenters. The van der Waals surface area contributed by atoms with Gasteiger partial charge < -0.3 is 14.9 Å². The van der Waals surface area contributed by atoms with E-state index >= 15 is 0 Å². The van der Waals surface area contributed by atoms with Gasteiger partial charge in [0.15, 0.2) is 0 Å². The molecule has 3 rings (SSSR count). The third kappa shape index (κ3) is 4.11. The van der Waals surface area contributed by atoms with Gasteiger partial charge in [0.2, 0.25) is 0 Å². The van der Waals surface area contributed by atoms with Crippen molar-refractivity contribution in [1.29, 1.82) is 0 Å². The van der Waals surface area contributed by atoms with Crippen LogP contribution in [0.3, 0.4) is 0 Å². The van der Waals surface area contributed by atoms with Crippen molar-refractivity contribution in [1.82, 2.24) is 5.32 Å². The molecule has 4 nitrogen and oxygen atoms in total.